The summed E-state index contributed by atoms with van der Waals surface area (Å²) in [5, 5.41) is 19.3. The maximum Gasteiger partial charge on any atom is 0.0715 e. The van der Waals surface area contributed by atoms with Crippen molar-refractivity contribution in [3.63, 3.8) is 0 Å². The summed E-state index contributed by atoms with van der Waals surface area (Å²) in [6.45, 7) is 8.02. The minimum absolute atomic E-state index is 0.177. The molecule has 0 radical (unpaired) electrons. The number of hydrogen-bond donors (Lipinski definition) is 3. The minimum atomic E-state index is -0.588. The molecular weight excluding hydrogens is 178 g/mol. The Kier molecular flexibility index (Phi) is 6.33. The molecule has 3 nitrogen and oxygen atoms in total. The van der Waals surface area contributed by atoms with Crippen molar-refractivity contribution in [2.45, 2.75) is 58.8 Å². The van der Waals surface area contributed by atoms with Gasteiger partial charge >= 0.3 is 0 Å². The SMILES string of the molecule is CC(C)C[C@H](N)[C@@H](O)C[C@H](O)C(C)C. The van der Waals surface area contributed by atoms with Crippen molar-refractivity contribution in [3.8, 4) is 0 Å². The second kappa shape index (κ2) is 6.38. The van der Waals surface area contributed by atoms with Crippen molar-refractivity contribution in [1.82, 2.24) is 0 Å². The van der Waals surface area contributed by atoms with Crippen LogP contribution in [0.2, 0.25) is 0 Å². The molecule has 4 N–H and O–H groups in total. The molecule has 3 atom stereocenters. The van der Waals surface area contributed by atoms with Gasteiger partial charge in [-0.3, -0.25) is 0 Å². The third-order valence-corrected chi connectivity index (χ3v) is 2.49. The predicted octanol–water partition coefficient (Wildman–Crippen LogP) is 1.13. The molecule has 0 rings (SSSR count). The topological polar surface area (TPSA) is 66.5 Å². The van der Waals surface area contributed by atoms with Crippen molar-refractivity contribution in [1.29, 1.82) is 0 Å². The first kappa shape index (κ1) is 13.9. The van der Waals surface area contributed by atoms with Crippen LogP contribution in [0, 0.1) is 11.8 Å². The van der Waals surface area contributed by atoms with Crippen LogP contribution in [0.4, 0.5) is 0 Å². The lowest BCUT2D eigenvalue weighted by Crippen LogP contribution is -2.39. The van der Waals surface area contributed by atoms with Crippen LogP contribution in [0.15, 0.2) is 0 Å². The Bertz CT molecular complexity index is 148. The van der Waals surface area contributed by atoms with Gasteiger partial charge in [-0.25, -0.2) is 0 Å². The molecule has 0 amide bonds. The van der Waals surface area contributed by atoms with Crippen LogP contribution in [0.25, 0.3) is 0 Å². The molecule has 14 heavy (non-hydrogen) atoms. The molecule has 0 aliphatic heterocycles. The van der Waals surface area contributed by atoms with Crippen LogP contribution in [0.3, 0.4) is 0 Å². The van der Waals surface area contributed by atoms with Crippen LogP contribution in [0.1, 0.15) is 40.5 Å². The van der Waals surface area contributed by atoms with Gasteiger partial charge in [0.15, 0.2) is 0 Å². The normalized spacial score (nSPS) is 18.6. The van der Waals surface area contributed by atoms with E-state index in [0.717, 1.165) is 6.42 Å². The molecule has 0 fully saturated rings. The van der Waals surface area contributed by atoms with E-state index in [2.05, 4.69) is 13.8 Å². The van der Waals surface area contributed by atoms with Crippen LogP contribution in [0.5, 0.6) is 0 Å². The molecule has 0 spiro atoms. The first-order valence-corrected chi connectivity index (χ1v) is 5.46. The fourth-order valence-electron chi connectivity index (χ4n) is 1.40. The van der Waals surface area contributed by atoms with E-state index < -0.39 is 12.2 Å². The molecule has 0 aromatic heterocycles. The highest BCUT2D eigenvalue weighted by molar-refractivity contribution is 4.76. The van der Waals surface area contributed by atoms with Gasteiger partial charge < -0.3 is 15.9 Å². The summed E-state index contributed by atoms with van der Waals surface area (Å²) in [6.07, 6.45) is 0.135. The van der Waals surface area contributed by atoms with E-state index in [1.807, 2.05) is 13.8 Å². The van der Waals surface area contributed by atoms with Gasteiger partial charge in [0.05, 0.1) is 12.2 Å². The smallest absolute Gasteiger partial charge is 0.0715 e. The van der Waals surface area contributed by atoms with E-state index in [1.54, 1.807) is 0 Å². The molecule has 0 unspecified atom stereocenters. The van der Waals surface area contributed by atoms with Gasteiger partial charge in [0, 0.05) is 12.5 Å². The Morgan fingerprint density at radius 1 is 0.929 bits per heavy atom. The Hall–Kier alpha value is -0.120. The second-order valence-electron chi connectivity index (χ2n) is 4.91. The summed E-state index contributed by atoms with van der Waals surface area (Å²) >= 11 is 0. The van der Waals surface area contributed by atoms with E-state index in [-0.39, 0.29) is 12.0 Å². The first-order chi connectivity index (χ1) is 6.34. The average Bonchev–Trinajstić information content (AvgIpc) is 2.02. The third-order valence-electron chi connectivity index (χ3n) is 2.49. The summed E-state index contributed by atoms with van der Waals surface area (Å²) in [4.78, 5) is 0. The highest BCUT2D eigenvalue weighted by atomic mass is 16.3. The zero-order chi connectivity index (χ0) is 11.3. The highest BCUT2D eigenvalue weighted by Crippen LogP contribution is 2.13. The quantitative estimate of drug-likeness (QED) is 0.606. The number of aliphatic hydroxyl groups excluding tert-OH is 2. The van der Waals surface area contributed by atoms with E-state index in [1.165, 1.54) is 0 Å². The number of aliphatic hydroxyl groups is 2. The second-order valence-corrected chi connectivity index (χ2v) is 4.91. The Labute approximate surface area is 87.3 Å². The van der Waals surface area contributed by atoms with Gasteiger partial charge in [-0.05, 0) is 18.3 Å². The molecule has 0 saturated carbocycles. The molecule has 86 valence electrons. The monoisotopic (exact) mass is 203 g/mol. The van der Waals surface area contributed by atoms with Gasteiger partial charge in [-0.1, -0.05) is 27.7 Å². The predicted molar refractivity (Wildman–Crippen MR) is 58.9 cm³/mol. The zero-order valence-corrected chi connectivity index (χ0v) is 9.77. The van der Waals surface area contributed by atoms with Gasteiger partial charge in [-0.15, -0.1) is 0 Å². The lowest BCUT2D eigenvalue weighted by molar-refractivity contribution is 0.0386. The molecular formula is C11H25NO2. The molecule has 0 heterocycles. The van der Waals surface area contributed by atoms with Crippen molar-refractivity contribution in [3.05, 3.63) is 0 Å². The maximum atomic E-state index is 9.70. The van der Waals surface area contributed by atoms with Crippen LogP contribution < -0.4 is 5.73 Å². The molecule has 3 heteroatoms. The molecule has 0 aliphatic carbocycles. The van der Waals surface area contributed by atoms with E-state index >= 15 is 0 Å². The summed E-state index contributed by atoms with van der Waals surface area (Å²) < 4.78 is 0. The molecule has 0 saturated heterocycles. The molecule has 0 aliphatic rings. The zero-order valence-electron chi connectivity index (χ0n) is 9.77. The number of nitrogens with two attached hydrogens (primary N) is 1. The summed E-state index contributed by atoms with van der Waals surface area (Å²) in [6, 6.07) is -0.219. The lowest BCUT2D eigenvalue weighted by atomic mass is 9.93. The fourth-order valence-corrected chi connectivity index (χ4v) is 1.40. The van der Waals surface area contributed by atoms with Gasteiger partial charge in [-0.2, -0.15) is 0 Å². The van der Waals surface area contributed by atoms with Gasteiger partial charge in [0.25, 0.3) is 0 Å². The van der Waals surface area contributed by atoms with Crippen molar-refractivity contribution >= 4 is 0 Å². The number of hydrogen-bond acceptors (Lipinski definition) is 3. The van der Waals surface area contributed by atoms with E-state index in [4.69, 9.17) is 5.73 Å². The van der Waals surface area contributed by atoms with E-state index in [9.17, 15) is 10.2 Å². The lowest BCUT2D eigenvalue weighted by Gasteiger charge is -2.24. The summed E-state index contributed by atoms with van der Waals surface area (Å²) in [7, 11) is 0. The summed E-state index contributed by atoms with van der Waals surface area (Å²) in [5.41, 5.74) is 5.81. The van der Waals surface area contributed by atoms with Crippen LogP contribution >= 0.6 is 0 Å². The van der Waals surface area contributed by atoms with Crippen molar-refractivity contribution in [2.24, 2.45) is 17.6 Å². The largest absolute Gasteiger partial charge is 0.393 e. The molecule has 0 bridgehead atoms. The molecule has 0 aromatic rings. The average molecular weight is 203 g/mol. The summed E-state index contributed by atoms with van der Waals surface area (Å²) in [5.74, 6) is 0.659. The molecule has 0 aromatic carbocycles. The minimum Gasteiger partial charge on any atom is -0.393 e. The Balaban J connectivity index is 3.88. The van der Waals surface area contributed by atoms with Crippen molar-refractivity contribution < 1.29 is 10.2 Å². The fraction of sp³-hybridized carbons (Fsp3) is 1.00. The third kappa shape index (κ3) is 5.58. The first-order valence-electron chi connectivity index (χ1n) is 5.46. The van der Waals surface area contributed by atoms with Crippen LogP contribution in [-0.4, -0.2) is 28.5 Å². The van der Waals surface area contributed by atoms with Gasteiger partial charge in [0.1, 0.15) is 0 Å². The van der Waals surface area contributed by atoms with Crippen LogP contribution in [-0.2, 0) is 0 Å². The Morgan fingerprint density at radius 3 is 1.79 bits per heavy atom. The maximum absolute atomic E-state index is 9.70. The Morgan fingerprint density at radius 2 is 1.43 bits per heavy atom. The number of rotatable bonds is 6. The highest BCUT2D eigenvalue weighted by Gasteiger charge is 2.21. The van der Waals surface area contributed by atoms with Gasteiger partial charge in [0.2, 0.25) is 0 Å². The standard InChI is InChI=1S/C11H25NO2/c1-7(2)5-9(12)11(14)6-10(13)8(3)4/h7-11,13-14H,5-6,12H2,1-4H3/t9-,10-,11-/m0/s1. The van der Waals surface area contributed by atoms with E-state index in [0.29, 0.717) is 12.3 Å². The van der Waals surface area contributed by atoms with Crippen molar-refractivity contribution in [2.75, 3.05) is 0 Å².